The molecule has 0 spiro atoms. The molecule has 1 aliphatic heterocycles. The van der Waals surface area contributed by atoms with Crippen LogP contribution in [-0.4, -0.2) is 42.5 Å². The second-order valence-electron chi connectivity index (χ2n) is 7.77. The van der Waals surface area contributed by atoms with Gasteiger partial charge in [-0.1, -0.05) is 30.4 Å². The predicted molar refractivity (Wildman–Crippen MR) is 92.0 cm³/mol. The van der Waals surface area contributed by atoms with E-state index in [9.17, 15) is 13.2 Å². The van der Waals surface area contributed by atoms with Crippen LogP contribution in [0.3, 0.4) is 0 Å². The first-order chi connectivity index (χ1) is 12.0. The second-order valence-corrected chi connectivity index (χ2v) is 7.77. The molecule has 1 aromatic carbocycles. The summed E-state index contributed by atoms with van der Waals surface area (Å²) in [5.74, 6) is 2.35. The Hall–Kier alpha value is -1.33. The summed E-state index contributed by atoms with van der Waals surface area (Å²) in [5.41, 5.74) is -0.104. The molecule has 2 fully saturated rings. The number of halogens is 3. The van der Waals surface area contributed by atoms with Gasteiger partial charge in [0, 0.05) is 39.3 Å². The number of alkyl halides is 3. The van der Waals surface area contributed by atoms with Crippen molar-refractivity contribution >= 4 is 0 Å². The van der Waals surface area contributed by atoms with Crippen molar-refractivity contribution in [3.8, 4) is 0 Å². The number of fused-ring (bicyclic) bond motifs is 2. The molecule has 0 unspecified atom stereocenters. The van der Waals surface area contributed by atoms with Gasteiger partial charge in [0.05, 0.1) is 5.56 Å². The van der Waals surface area contributed by atoms with Crippen LogP contribution in [0.1, 0.15) is 24.0 Å². The van der Waals surface area contributed by atoms with Crippen molar-refractivity contribution < 1.29 is 13.2 Å². The molecule has 2 bridgehead atoms. The minimum Gasteiger partial charge on any atom is -0.300 e. The highest BCUT2D eigenvalue weighted by atomic mass is 19.4. The van der Waals surface area contributed by atoms with Gasteiger partial charge in [-0.3, -0.25) is 4.90 Å². The van der Waals surface area contributed by atoms with Crippen LogP contribution < -0.4 is 0 Å². The summed E-state index contributed by atoms with van der Waals surface area (Å²) in [6.07, 6.45) is 3.15. The quantitative estimate of drug-likeness (QED) is 0.757. The van der Waals surface area contributed by atoms with Gasteiger partial charge in [0.15, 0.2) is 0 Å². The van der Waals surface area contributed by atoms with E-state index in [2.05, 4.69) is 22.0 Å². The van der Waals surface area contributed by atoms with Gasteiger partial charge in [-0.05, 0) is 42.2 Å². The highest BCUT2D eigenvalue weighted by Crippen LogP contribution is 2.43. The van der Waals surface area contributed by atoms with E-state index in [1.165, 1.54) is 25.0 Å². The fourth-order valence-electron chi connectivity index (χ4n) is 4.74. The standard InChI is InChI=1S/C20H25F3N2/c21-20(22,23)19-4-2-1-3-17(19)13-24-7-9-25(10-8-24)14-18-12-15-5-6-16(18)11-15/h1-6,15-16,18H,7-14H2/t15-,16-,18+/m0/s1. The Bertz CT molecular complexity index is 632. The average molecular weight is 350 g/mol. The van der Waals surface area contributed by atoms with E-state index in [0.717, 1.165) is 50.5 Å². The van der Waals surface area contributed by atoms with E-state index < -0.39 is 11.7 Å². The number of benzene rings is 1. The third kappa shape index (κ3) is 3.77. The maximum absolute atomic E-state index is 13.1. The number of hydrogen-bond acceptors (Lipinski definition) is 2. The number of rotatable bonds is 4. The van der Waals surface area contributed by atoms with Crippen LogP contribution in [0, 0.1) is 17.8 Å². The van der Waals surface area contributed by atoms with E-state index in [0.29, 0.717) is 12.1 Å². The molecule has 1 saturated carbocycles. The molecule has 0 amide bonds. The Morgan fingerprint density at radius 3 is 2.28 bits per heavy atom. The first-order valence-electron chi connectivity index (χ1n) is 9.27. The zero-order valence-electron chi connectivity index (χ0n) is 14.4. The molecule has 0 N–H and O–H groups in total. The van der Waals surface area contributed by atoms with Crippen LogP contribution in [0.2, 0.25) is 0 Å². The van der Waals surface area contributed by atoms with Crippen LogP contribution >= 0.6 is 0 Å². The second kappa shape index (κ2) is 6.76. The smallest absolute Gasteiger partial charge is 0.300 e. The lowest BCUT2D eigenvalue weighted by Crippen LogP contribution is -2.47. The minimum atomic E-state index is -4.27. The predicted octanol–water partition coefficient (Wildman–Crippen LogP) is 4.04. The Balaban J connectivity index is 1.30. The van der Waals surface area contributed by atoms with E-state index in [-0.39, 0.29) is 0 Å². The van der Waals surface area contributed by atoms with Gasteiger partial charge < -0.3 is 4.90 Å². The van der Waals surface area contributed by atoms with E-state index in [4.69, 9.17) is 0 Å². The fraction of sp³-hybridized carbons (Fsp3) is 0.600. The lowest BCUT2D eigenvalue weighted by atomic mass is 9.93. The van der Waals surface area contributed by atoms with Crippen LogP contribution in [0.25, 0.3) is 0 Å². The highest BCUT2D eigenvalue weighted by molar-refractivity contribution is 5.29. The van der Waals surface area contributed by atoms with Crippen molar-refractivity contribution in [3.05, 3.63) is 47.5 Å². The third-order valence-corrected chi connectivity index (χ3v) is 6.09. The van der Waals surface area contributed by atoms with E-state index >= 15 is 0 Å². The van der Waals surface area contributed by atoms with Gasteiger partial charge in [0.1, 0.15) is 0 Å². The zero-order valence-corrected chi connectivity index (χ0v) is 14.4. The number of piperazine rings is 1. The van der Waals surface area contributed by atoms with Crippen molar-refractivity contribution in [2.45, 2.75) is 25.6 Å². The number of nitrogens with zero attached hydrogens (tertiary/aromatic N) is 2. The van der Waals surface area contributed by atoms with Gasteiger partial charge in [-0.2, -0.15) is 13.2 Å². The average Bonchev–Trinajstić information content (AvgIpc) is 3.19. The normalized spacial score (nSPS) is 30.3. The maximum atomic E-state index is 13.1. The molecular formula is C20H25F3N2. The molecule has 25 heavy (non-hydrogen) atoms. The van der Waals surface area contributed by atoms with Crippen molar-refractivity contribution in [1.82, 2.24) is 9.80 Å². The lowest BCUT2D eigenvalue weighted by molar-refractivity contribution is -0.138. The lowest BCUT2D eigenvalue weighted by Gasteiger charge is -2.37. The molecule has 1 heterocycles. The highest BCUT2D eigenvalue weighted by Gasteiger charge is 2.37. The first kappa shape index (κ1) is 17.1. The summed E-state index contributed by atoms with van der Waals surface area (Å²) >= 11 is 0. The van der Waals surface area contributed by atoms with Crippen molar-refractivity contribution in [2.24, 2.45) is 17.8 Å². The molecule has 5 heteroatoms. The molecule has 1 saturated heterocycles. The molecule has 0 aromatic heterocycles. The number of allylic oxidation sites excluding steroid dienone is 2. The van der Waals surface area contributed by atoms with Gasteiger partial charge in [-0.25, -0.2) is 0 Å². The van der Waals surface area contributed by atoms with E-state index in [1.807, 2.05) is 0 Å². The van der Waals surface area contributed by atoms with E-state index in [1.54, 1.807) is 12.1 Å². The summed E-state index contributed by atoms with van der Waals surface area (Å²) in [6, 6.07) is 5.96. The Morgan fingerprint density at radius 2 is 1.64 bits per heavy atom. The molecule has 3 aliphatic rings. The van der Waals surface area contributed by atoms with Crippen LogP contribution in [0.15, 0.2) is 36.4 Å². The Morgan fingerprint density at radius 1 is 0.920 bits per heavy atom. The van der Waals surface area contributed by atoms with Gasteiger partial charge in [0.2, 0.25) is 0 Å². The summed E-state index contributed by atoms with van der Waals surface area (Å²) < 4.78 is 39.4. The van der Waals surface area contributed by atoms with Crippen molar-refractivity contribution in [1.29, 1.82) is 0 Å². The Labute approximate surface area is 147 Å². The molecule has 0 radical (unpaired) electrons. The topological polar surface area (TPSA) is 6.48 Å². The Kier molecular flexibility index (Phi) is 4.63. The third-order valence-electron chi connectivity index (χ3n) is 6.09. The summed E-state index contributed by atoms with van der Waals surface area (Å²) in [4.78, 5) is 4.66. The van der Waals surface area contributed by atoms with Gasteiger partial charge in [-0.15, -0.1) is 0 Å². The fourth-order valence-corrected chi connectivity index (χ4v) is 4.74. The minimum absolute atomic E-state index is 0.389. The molecule has 2 aliphatic carbocycles. The maximum Gasteiger partial charge on any atom is 0.416 e. The summed E-state index contributed by atoms with van der Waals surface area (Å²) in [5, 5.41) is 0. The van der Waals surface area contributed by atoms with Crippen molar-refractivity contribution in [3.63, 3.8) is 0 Å². The molecule has 4 rings (SSSR count). The molecule has 2 nitrogen and oxygen atoms in total. The molecule has 3 atom stereocenters. The zero-order chi connectivity index (χ0) is 17.4. The molecule has 1 aromatic rings. The van der Waals surface area contributed by atoms with Gasteiger partial charge in [0.25, 0.3) is 0 Å². The van der Waals surface area contributed by atoms with Crippen LogP contribution in [-0.2, 0) is 12.7 Å². The SMILES string of the molecule is FC(F)(F)c1ccccc1CN1CCN(C[C@H]2C[C@H]3C=C[C@H]2C3)CC1. The van der Waals surface area contributed by atoms with Gasteiger partial charge >= 0.3 is 6.18 Å². The monoisotopic (exact) mass is 350 g/mol. The van der Waals surface area contributed by atoms with Crippen LogP contribution in [0.5, 0.6) is 0 Å². The molecular weight excluding hydrogens is 325 g/mol. The van der Waals surface area contributed by atoms with Crippen molar-refractivity contribution in [2.75, 3.05) is 32.7 Å². The summed E-state index contributed by atoms with van der Waals surface area (Å²) in [6.45, 7) is 5.17. The number of hydrogen-bond donors (Lipinski definition) is 0. The summed E-state index contributed by atoms with van der Waals surface area (Å²) in [7, 11) is 0. The first-order valence-corrected chi connectivity index (χ1v) is 9.27. The largest absolute Gasteiger partial charge is 0.416 e. The van der Waals surface area contributed by atoms with Crippen LogP contribution in [0.4, 0.5) is 13.2 Å². The molecule has 136 valence electrons.